The smallest absolute Gasteiger partial charge is 0.137 e. The zero-order valence-corrected chi connectivity index (χ0v) is 19.6. The SMILES string of the molecule is CCCC1=NN(C)C2C(=NCc3ccc(OC)c(Cl)c3)NC(CNCCCOC)=NC12. The molecule has 1 aromatic rings. The number of nitrogens with zero attached hydrogens (tertiary/aromatic N) is 4. The molecule has 0 radical (unpaired) electrons. The summed E-state index contributed by atoms with van der Waals surface area (Å²) in [5.41, 5.74) is 2.14. The number of benzene rings is 1. The molecule has 2 atom stereocenters. The van der Waals surface area contributed by atoms with Gasteiger partial charge in [-0.15, -0.1) is 0 Å². The van der Waals surface area contributed by atoms with Gasteiger partial charge in [0.2, 0.25) is 0 Å². The average Bonchev–Trinajstić information content (AvgIpc) is 3.07. The van der Waals surface area contributed by atoms with Crippen LogP contribution in [0.15, 0.2) is 33.3 Å². The molecule has 8 nitrogen and oxygen atoms in total. The molecule has 0 spiro atoms. The summed E-state index contributed by atoms with van der Waals surface area (Å²) < 4.78 is 10.4. The maximum atomic E-state index is 6.28. The van der Waals surface area contributed by atoms with E-state index in [0.29, 0.717) is 23.9 Å². The first kappa shape index (κ1) is 23.5. The molecule has 0 aromatic heterocycles. The second-order valence-corrected chi connectivity index (χ2v) is 8.11. The summed E-state index contributed by atoms with van der Waals surface area (Å²) in [6.07, 6.45) is 2.94. The van der Waals surface area contributed by atoms with Crippen LogP contribution in [0.3, 0.4) is 0 Å². The van der Waals surface area contributed by atoms with E-state index in [4.69, 9.17) is 36.2 Å². The third kappa shape index (κ3) is 5.96. The van der Waals surface area contributed by atoms with Crippen molar-refractivity contribution in [1.82, 2.24) is 15.6 Å². The van der Waals surface area contributed by atoms with Crippen molar-refractivity contribution in [3.63, 3.8) is 0 Å². The molecule has 2 heterocycles. The number of hydrazone groups is 1. The van der Waals surface area contributed by atoms with E-state index in [1.807, 2.05) is 30.3 Å². The number of halogens is 1. The minimum absolute atomic E-state index is 0.000167. The molecule has 2 aliphatic heterocycles. The third-order valence-corrected chi connectivity index (χ3v) is 5.62. The summed E-state index contributed by atoms with van der Waals surface area (Å²) in [6.45, 7) is 4.95. The largest absolute Gasteiger partial charge is 0.495 e. The van der Waals surface area contributed by atoms with Crippen LogP contribution in [0.25, 0.3) is 0 Å². The van der Waals surface area contributed by atoms with Crippen LogP contribution in [0.5, 0.6) is 5.75 Å². The normalized spacial score (nSPS) is 21.6. The zero-order valence-electron chi connectivity index (χ0n) is 18.8. The van der Waals surface area contributed by atoms with Gasteiger partial charge < -0.3 is 20.1 Å². The molecule has 9 heteroatoms. The molecule has 2 unspecified atom stereocenters. The van der Waals surface area contributed by atoms with Gasteiger partial charge in [0.1, 0.15) is 29.5 Å². The molecular weight excluding hydrogens is 416 g/mol. The molecule has 2 aliphatic rings. The van der Waals surface area contributed by atoms with Gasteiger partial charge in [0.05, 0.1) is 30.9 Å². The maximum absolute atomic E-state index is 6.28. The average molecular weight is 449 g/mol. The van der Waals surface area contributed by atoms with Gasteiger partial charge >= 0.3 is 0 Å². The Bertz CT molecular complexity index is 841. The minimum Gasteiger partial charge on any atom is -0.495 e. The molecule has 3 rings (SSSR count). The second kappa shape index (κ2) is 11.5. The fourth-order valence-corrected chi connectivity index (χ4v) is 4.09. The van der Waals surface area contributed by atoms with Crippen molar-refractivity contribution in [2.75, 3.05) is 41.0 Å². The Morgan fingerprint density at radius 1 is 1.32 bits per heavy atom. The molecule has 2 N–H and O–H groups in total. The number of fused-ring (bicyclic) bond motifs is 1. The molecule has 170 valence electrons. The highest BCUT2D eigenvalue weighted by Gasteiger charge is 2.41. The number of hydrogen-bond acceptors (Lipinski definition) is 7. The van der Waals surface area contributed by atoms with Gasteiger partial charge in [0, 0.05) is 20.8 Å². The van der Waals surface area contributed by atoms with Crippen LogP contribution < -0.4 is 15.4 Å². The summed E-state index contributed by atoms with van der Waals surface area (Å²) in [5.74, 6) is 2.44. The molecule has 0 saturated carbocycles. The minimum atomic E-state index is -0.00693. The Morgan fingerprint density at radius 2 is 2.16 bits per heavy atom. The summed E-state index contributed by atoms with van der Waals surface area (Å²) in [7, 11) is 5.32. The highest BCUT2D eigenvalue weighted by Crippen LogP contribution is 2.26. The molecule has 0 aliphatic carbocycles. The summed E-state index contributed by atoms with van der Waals surface area (Å²) in [6, 6.07) is 5.75. The van der Waals surface area contributed by atoms with Crippen LogP contribution in [-0.2, 0) is 11.3 Å². The predicted octanol–water partition coefficient (Wildman–Crippen LogP) is 2.71. The van der Waals surface area contributed by atoms with Gasteiger partial charge in [-0.05, 0) is 37.1 Å². The van der Waals surface area contributed by atoms with E-state index in [-0.39, 0.29) is 12.1 Å². The summed E-state index contributed by atoms with van der Waals surface area (Å²) >= 11 is 6.28. The van der Waals surface area contributed by atoms with Crippen LogP contribution in [0.2, 0.25) is 5.02 Å². The lowest BCUT2D eigenvalue weighted by Gasteiger charge is -2.31. The van der Waals surface area contributed by atoms with Crippen molar-refractivity contribution < 1.29 is 9.47 Å². The Hall–Kier alpha value is -2.16. The number of nitrogens with one attached hydrogen (secondary N) is 2. The topological polar surface area (TPSA) is 82.8 Å². The lowest BCUT2D eigenvalue weighted by Crippen LogP contribution is -2.56. The van der Waals surface area contributed by atoms with Gasteiger partial charge in [-0.2, -0.15) is 5.10 Å². The Balaban J connectivity index is 1.76. The highest BCUT2D eigenvalue weighted by atomic mass is 35.5. The van der Waals surface area contributed by atoms with Gasteiger partial charge in [-0.3, -0.25) is 15.0 Å². The third-order valence-electron chi connectivity index (χ3n) is 5.33. The molecular formula is C22H33ClN6O2. The van der Waals surface area contributed by atoms with E-state index >= 15 is 0 Å². The number of likely N-dealkylation sites (N-methyl/N-ethyl adjacent to an activating group) is 1. The Labute approximate surface area is 189 Å². The maximum Gasteiger partial charge on any atom is 0.137 e. The Kier molecular flexibility index (Phi) is 8.69. The number of ether oxygens (including phenoxy) is 2. The summed E-state index contributed by atoms with van der Waals surface area (Å²) in [4.78, 5) is 9.88. The molecule has 31 heavy (non-hydrogen) atoms. The van der Waals surface area contributed by atoms with Gasteiger partial charge in [-0.1, -0.05) is 31.0 Å². The first-order valence-corrected chi connectivity index (χ1v) is 11.2. The van der Waals surface area contributed by atoms with Crippen LogP contribution in [0, 0.1) is 0 Å². The number of methoxy groups -OCH3 is 2. The molecule has 0 fully saturated rings. The van der Waals surface area contributed by atoms with E-state index in [1.54, 1.807) is 14.2 Å². The zero-order chi connectivity index (χ0) is 22.2. The van der Waals surface area contributed by atoms with Crippen molar-refractivity contribution in [2.45, 2.75) is 44.8 Å². The van der Waals surface area contributed by atoms with E-state index < -0.39 is 0 Å². The lowest BCUT2D eigenvalue weighted by molar-refractivity contribution is 0.194. The first-order valence-electron chi connectivity index (χ1n) is 10.8. The second-order valence-electron chi connectivity index (χ2n) is 7.70. The molecule has 0 amide bonds. The fraction of sp³-hybridized carbons (Fsp3) is 0.591. The van der Waals surface area contributed by atoms with Gasteiger partial charge in [0.15, 0.2) is 0 Å². The van der Waals surface area contributed by atoms with E-state index in [0.717, 1.165) is 55.4 Å². The molecule has 0 saturated heterocycles. The van der Waals surface area contributed by atoms with Crippen molar-refractivity contribution in [3.8, 4) is 5.75 Å². The number of amidine groups is 2. The lowest BCUT2D eigenvalue weighted by atomic mass is 9.99. The predicted molar refractivity (Wildman–Crippen MR) is 127 cm³/mol. The van der Waals surface area contributed by atoms with E-state index in [2.05, 4.69) is 17.6 Å². The van der Waals surface area contributed by atoms with Crippen LogP contribution in [-0.4, -0.2) is 75.4 Å². The monoisotopic (exact) mass is 448 g/mol. The van der Waals surface area contributed by atoms with Crippen molar-refractivity contribution in [1.29, 1.82) is 0 Å². The van der Waals surface area contributed by atoms with Crippen molar-refractivity contribution in [2.24, 2.45) is 15.1 Å². The van der Waals surface area contributed by atoms with Crippen LogP contribution in [0.4, 0.5) is 0 Å². The Morgan fingerprint density at radius 3 is 2.87 bits per heavy atom. The van der Waals surface area contributed by atoms with E-state index in [1.165, 1.54) is 0 Å². The number of rotatable bonds is 11. The van der Waals surface area contributed by atoms with Gasteiger partial charge in [0.25, 0.3) is 0 Å². The van der Waals surface area contributed by atoms with Crippen LogP contribution >= 0.6 is 11.6 Å². The first-order chi connectivity index (χ1) is 15.1. The van der Waals surface area contributed by atoms with Crippen LogP contribution in [0.1, 0.15) is 31.7 Å². The van der Waals surface area contributed by atoms with E-state index in [9.17, 15) is 0 Å². The van der Waals surface area contributed by atoms with Crippen molar-refractivity contribution in [3.05, 3.63) is 28.8 Å². The standard InChI is InChI=1S/C22H33ClN6O2/c1-5-7-17-20-21(29(2)28-17)22(27-19(26-20)14-24-10-6-11-30-3)25-13-15-8-9-18(31-4)16(23)12-15/h8-9,12,20-21,24H,5-7,10-11,13-14H2,1-4H3,(H,25,26,27). The number of aliphatic imine (C=N–C) groups is 2. The molecule has 0 bridgehead atoms. The van der Waals surface area contributed by atoms with Crippen molar-refractivity contribution >= 4 is 29.0 Å². The number of hydrogen-bond donors (Lipinski definition) is 2. The fourth-order valence-electron chi connectivity index (χ4n) is 3.81. The quantitative estimate of drug-likeness (QED) is 0.508. The highest BCUT2D eigenvalue weighted by molar-refractivity contribution is 6.32. The molecule has 1 aromatic carbocycles. The van der Waals surface area contributed by atoms with Gasteiger partial charge in [-0.25, -0.2) is 0 Å². The summed E-state index contributed by atoms with van der Waals surface area (Å²) in [5, 5.41) is 14.2.